The third-order valence-electron chi connectivity index (χ3n) is 9.16. The SMILES string of the molecule is C1C2CC3CC1CC(C2)C31OOC2(OO1)C1CC3CC(C1)CC2C3. The van der Waals surface area contributed by atoms with Crippen molar-refractivity contribution in [1.29, 1.82) is 0 Å². The molecule has 0 aromatic carbocycles. The molecule has 0 aromatic rings. The van der Waals surface area contributed by atoms with Crippen molar-refractivity contribution in [2.75, 3.05) is 0 Å². The Kier molecular flexibility index (Phi) is 2.55. The first kappa shape index (κ1) is 14.0. The first-order chi connectivity index (χ1) is 11.7. The van der Waals surface area contributed by atoms with Gasteiger partial charge in [0.25, 0.3) is 0 Å². The molecule has 0 atom stereocenters. The van der Waals surface area contributed by atoms with Crippen LogP contribution in [0.25, 0.3) is 0 Å². The van der Waals surface area contributed by atoms with Crippen molar-refractivity contribution in [2.45, 2.75) is 75.8 Å². The summed E-state index contributed by atoms with van der Waals surface area (Å²) in [6.45, 7) is 0. The van der Waals surface area contributed by atoms with Crippen LogP contribution in [0.5, 0.6) is 0 Å². The van der Waals surface area contributed by atoms with Gasteiger partial charge in [-0.1, -0.05) is 0 Å². The van der Waals surface area contributed by atoms with E-state index in [0.717, 1.165) is 23.7 Å². The molecule has 24 heavy (non-hydrogen) atoms. The van der Waals surface area contributed by atoms with Gasteiger partial charge in [0.05, 0.1) is 0 Å². The van der Waals surface area contributed by atoms with Crippen LogP contribution in [-0.2, 0) is 19.6 Å². The number of rotatable bonds is 0. The van der Waals surface area contributed by atoms with Gasteiger partial charge in [-0.05, 0) is 87.9 Å². The fourth-order valence-corrected chi connectivity index (χ4v) is 8.51. The molecule has 4 heteroatoms. The number of hydrogen-bond donors (Lipinski definition) is 0. The standard InChI is InChI=1S/C20H28O4/c1-11-3-15-5-12(1)6-16(4-11)19(15)21-23-20(24-22-19)17-7-13-2-14(9-17)10-18(20)8-13/h11-18H,1-10H2. The second kappa shape index (κ2) is 4.39. The summed E-state index contributed by atoms with van der Waals surface area (Å²) < 4.78 is 0. The van der Waals surface area contributed by atoms with Gasteiger partial charge in [-0.25, -0.2) is 0 Å². The molecule has 1 saturated heterocycles. The molecule has 8 bridgehead atoms. The fraction of sp³-hybridized carbons (Fsp3) is 1.00. The maximum absolute atomic E-state index is 6.27. The largest absolute Gasteiger partial charge is 0.239 e. The molecule has 0 aromatic heterocycles. The van der Waals surface area contributed by atoms with Crippen LogP contribution in [0.4, 0.5) is 0 Å². The summed E-state index contributed by atoms with van der Waals surface area (Å²) in [6, 6.07) is 0. The lowest BCUT2D eigenvalue weighted by atomic mass is 9.53. The zero-order valence-electron chi connectivity index (χ0n) is 14.3. The summed E-state index contributed by atoms with van der Waals surface area (Å²) in [5.41, 5.74) is 0. The van der Waals surface area contributed by atoms with Crippen LogP contribution < -0.4 is 0 Å². The Labute approximate surface area is 143 Å². The highest BCUT2D eigenvalue weighted by Gasteiger charge is 2.69. The quantitative estimate of drug-likeness (QED) is 0.623. The normalized spacial score (nSPS) is 66.0. The predicted molar refractivity (Wildman–Crippen MR) is 83.9 cm³/mol. The highest BCUT2D eigenvalue weighted by Crippen LogP contribution is 2.65. The summed E-state index contributed by atoms with van der Waals surface area (Å²) in [6.07, 6.45) is 12.8. The van der Waals surface area contributed by atoms with Crippen LogP contribution in [0.15, 0.2) is 0 Å². The number of hydrogen-bond acceptors (Lipinski definition) is 4. The van der Waals surface area contributed by atoms with Gasteiger partial charge in [0.1, 0.15) is 0 Å². The minimum Gasteiger partial charge on any atom is -0.194 e. The summed E-state index contributed by atoms with van der Waals surface area (Å²) in [7, 11) is 0. The summed E-state index contributed by atoms with van der Waals surface area (Å²) >= 11 is 0. The zero-order chi connectivity index (χ0) is 15.5. The van der Waals surface area contributed by atoms with E-state index in [0.29, 0.717) is 23.7 Å². The molecule has 0 unspecified atom stereocenters. The maximum Gasteiger partial charge on any atom is 0.239 e. The lowest BCUT2D eigenvalue weighted by Crippen LogP contribution is -2.69. The second-order valence-corrected chi connectivity index (χ2v) is 10.4. The van der Waals surface area contributed by atoms with E-state index in [1.54, 1.807) is 0 Å². The van der Waals surface area contributed by atoms with Crippen LogP contribution in [0.1, 0.15) is 64.2 Å². The molecule has 2 spiro atoms. The molecule has 0 amide bonds. The van der Waals surface area contributed by atoms with Crippen LogP contribution >= 0.6 is 0 Å². The molecule has 0 radical (unpaired) electrons. The van der Waals surface area contributed by atoms with Gasteiger partial charge in [0.15, 0.2) is 0 Å². The van der Waals surface area contributed by atoms with Gasteiger partial charge in [0, 0.05) is 23.7 Å². The molecule has 4 nitrogen and oxygen atoms in total. The molecule has 9 aliphatic rings. The second-order valence-electron chi connectivity index (χ2n) is 10.4. The Morgan fingerprint density at radius 2 is 0.625 bits per heavy atom. The molecule has 0 N–H and O–H groups in total. The van der Waals surface area contributed by atoms with Gasteiger partial charge in [-0.15, -0.1) is 0 Å². The molecule has 1 heterocycles. The minimum absolute atomic E-state index is 0.475. The average Bonchev–Trinajstić information content (AvgIpc) is 2.57. The third-order valence-corrected chi connectivity index (χ3v) is 9.16. The molecule has 132 valence electrons. The van der Waals surface area contributed by atoms with E-state index in [9.17, 15) is 0 Å². The van der Waals surface area contributed by atoms with Crippen LogP contribution in [0, 0.1) is 47.3 Å². The Bertz CT molecular complexity index is 454. The van der Waals surface area contributed by atoms with Crippen molar-refractivity contribution in [2.24, 2.45) is 47.3 Å². The van der Waals surface area contributed by atoms with E-state index in [-0.39, 0.29) is 0 Å². The van der Waals surface area contributed by atoms with Gasteiger partial charge in [0.2, 0.25) is 11.6 Å². The van der Waals surface area contributed by atoms with Gasteiger partial charge in [-0.3, -0.25) is 0 Å². The highest BCUT2D eigenvalue weighted by molar-refractivity contribution is 5.06. The van der Waals surface area contributed by atoms with Gasteiger partial charge >= 0.3 is 0 Å². The van der Waals surface area contributed by atoms with Crippen LogP contribution in [0.3, 0.4) is 0 Å². The van der Waals surface area contributed by atoms with E-state index in [1.807, 2.05) is 0 Å². The topological polar surface area (TPSA) is 36.9 Å². The van der Waals surface area contributed by atoms with E-state index in [2.05, 4.69) is 0 Å². The molecule has 8 aliphatic carbocycles. The average molecular weight is 332 g/mol. The van der Waals surface area contributed by atoms with Crippen molar-refractivity contribution in [3.05, 3.63) is 0 Å². The third kappa shape index (κ3) is 1.57. The molecule has 1 aliphatic heterocycles. The van der Waals surface area contributed by atoms with Crippen molar-refractivity contribution < 1.29 is 19.6 Å². The van der Waals surface area contributed by atoms with E-state index >= 15 is 0 Å². The highest BCUT2D eigenvalue weighted by atomic mass is 17.4. The van der Waals surface area contributed by atoms with Crippen molar-refractivity contribution in [1.82, 2.24) is 0 Å². The Morgan fingerprint density at radius 3 is 0.875 bits per heavy atom. The first-order valence-corrected chi connectivity index (χ1v) is 10.5. The molecule has 9 rings (SSSR count). The Morgan fingerprint density at radius 1 is 0.375 bits per heavy atom. The fourth-order valence-electron chi connectivity index (χ4n) is 8.51. The van der Waals surface area contributed by atoms with E-state index in [1.165, 1.54) is 64.2 Å². The van der Waals surface area contributed by atoms with E-state index in [4.69, 9.17) is 19.6 Å². The van der Waals surface area contributed by atoms with E-state index < -0.39 is 11.6 Å². The van der Waals surface area contributed by atoms with Gasteiger partial charge in [-0.2, -0.15) is 19.6 Å². The minimum atomic E-state index is -0.590. The lowest BCUT2D eigenvalue weighted by Gasteiger charge is -2.64. The lowest BCUT2D eigenvalue weighted by molar-refractivity contribution is -0.696. The predicted octanol–water partition coefficient (Wildman–Crippen LogP) is 4.20. The Balaban J connectivity index is 1.19. The Hall–Kier alpha value is -0.160. The summed E-state index contributed by atoms with van der Waals surface area (Å²) in [5.74, 6) is 4.28. The van der Waals surface area contributed by atoms with Crippen molar-refractivity contribution >= 4 is 0 Å². The van der Waals surface area contributed by atoms with Crippen molar-refractivity contribution in [3.8, 4) is 0 Å². The zero-order valence-corrected chi connectivity index (χ0v) is 14.3. The molecular weight excluding hydrogens is 304 g/mol. The first-order valence-electron chi connectivity index (χ1n) is 10.5. The van der Waals surface area contributed by atoms with Crippen LogP contribution in [-0.4, -0.2) is 11.6 Å². The smallest absolute Gasteiger partial charge is 0.194 e. The molecule has 9 fully saturated rings. The van der Waals surface area contributed by atoms with Gasteiger partial charge < -0.3 is 0 Å². The molecular formula is C20H28O4. The molecule has 8 saturated carbocycles. The van der Waals surface area contributed by atoms with Crippen LogP contribution in [0.2, 0.25) is 0 Å². The summed E-state index contributed by atoms with van der Waals surface area (Å²) in [4.78, 5) is 25.1. The van der Waals surface area contributed by atoms with Crippen molar-refractivity contribution in [3.63, 3.8) is 0 Å². The monoisotopic (exact) mass is 332 g/mol. The maximum atomic E-state index is 6.27. The summed E-state index contributed by atoms with van der Waals surface area (Å²) in [5, 5.41) is 0.